The Morgan fingerprint density at radius 1 is 1.23 bits per heavy atom. The first kappa shape index (κ1) is 20.7. The molecular formula is C18H21Cl2N3O2S. The Morgan fingerprint density at radius 2 is 1.96 bits per heavy atom. The van der Waals surface area contributed by atoms with Crippen LogP contribution in [-0.2, 0) is 11.3 Å². The average molecular weight is 414 g/mol. The molecule has 1 aromatic carbocycles. The quantitative estimate of drug-likeness (QED) is 0.693. The molecule has 26 heavy (non-hydrogen) atoms. The van der Waals surface area contributed by atoms with Crippen LogP contribution >= 0.6 is 35.3 Å². The highest BCUT2D eigenvalue weighted by atomic mass is 35.5. The number of rotatable bonds is 5. The molecule has 0 aliphatic heterocycles. The summed E-state index contributed by atoms with van der Waals surface area (Å²) in [5.74, 6) is -0.491. The number of nitrogens with one attached hydrogen (secondary N) is 2. The van der Waals surface area contributed by atoms with Crippen molar-refractivity contribution in [2.24, 2.45) is 5.73 Å². The first-order chi connectivity index (χ1) is 12.0. The number of amides is 2. The molecule has 1 aliphatic rings. The van der Waals surface area contributed by atoms with E-state index in [9.17, 15) is 9.59 Å². The predicted octanol–water partition coefficient (Wildman–Crippen LogP) is 3.96. The van der Waals surface area contributed by atoms with Gasteiger partial charge in [0.15, 0.2) is 0 Å². The Bertz CT molecular complexity index is 775. The smallest absolute Gasteiger partial charge is 0.253 e. The van der Waals surface area contributed by atoms with E-state index in [2.05, 4.69) is 10.6 Å². The molecule has 0 atom stereocenters. The van der Waals surface area contributed by atoms with Crippen molar-refractivity contribution < 1.29 is 9.59 Å². The maximum Gasteiger partial charge on any atom is 0.253 e. The van der Waals surface area contributed by atoms with Crippen LogP contribution in [0, 0.1) is 0 Å². The van der Waals surface area contributed by atoms with E-state index in [0.29, 0.717) is 35.7 Å². The number of thiophene rings is 1. The fraction of sp³-hybridized carbons (Fsp3) is 0.333. The van der Waals surface area contributed by atoms with Gasteiger partial charge in [-0.2, -0.15) is 0 Å². The molecule has 1 fully saturated rings. The number of carbonyl (C=O) groups is 2. The Kier molecular flexibility index (Phi) is 7.06. The second-order valence-electron chi connectivity index (χ2n) is 6.27. The van der Waals surface area contributed by atoms with E-state index in [0.717, 1.165) is 17.7 Å². The van der Waals surface area contributed by atoms with Gasteiger partial charge in [-0.05, 0) is 42.5 Å². The zero-order valence-corrected chi connectivity index (χ0v) is 16.5. The fourth-order valence-electron chi connectivity index (χ4n) is 2.94. The lowest BCUT2D eigenvalue weighted by Gasteiger charge is -2.22. The molecule has 0 spiro atoms. The lowest BCUT2D eigenvalue weighted by molar-refractivity contribution is -0.121. The van der Waals surface area contributed by atoms with Gasteiger partial charge in [-0.15, -0.1) is 23.7 Å². The van der Waals surface area contributed by atoms with Gasteiger partial charge < -0.3 is 16.4 Å². The van der Waals surface area contributed by atoms with Gasteiger partial charge >= 0.3 is 0 Å². The van der Waals surface area contributed by atoms with Gasteiger partial charge in [-0.1, -0.05) is 30.5 Å². The standard InChI is InChI=1S/C18H20ClN3O2S.ClH/c19-15-6-5-12(22-17(24)18(20)7-1-2-8-18)10-14(15)16(23)21-11-13-4-3-9-25-13;/h3-6,9-10H,1-2,7-8,11,20H2,(H,21,23)(H,22,24);1H. The summed E-state index contributed by atoms with van der Waals surface area (Å²) < 4.78 is 0. The molecule has 1 saturated carbocycles. The van der Waals surface area contributed by atoms with E-state index in [1.165, 1.54) is 0 Å². The van der Waals surface area contributed by atoms with Crippen molar-refractivity contribution in [3.05, 3.63) is 51.2 Å². The first-order valence-electron chi connectivity index (χ1n) is 8.18. The summed E-state index contributed by atoms with van der Waals surface area (Å²) in [6.07, 6.45) is 3.28. The van der Waals surface area contributed by atoms with Crippen LogP contribution in [0.1, 0.15) is 40.9 Å². The summed E-state index contributed by atoms with van der Waals surface area (Å²) in [5.41, 5.74) is 6.19. The number of hydrogen-bond acceptors (Lipinski definition) is 4. The van der Waals surface area contributed by atoms with Crippen molar-refractivity contribution in [1.29, 1.82) is 0 Å². The molecule has 0 bridgehead atoms. The van der Waals surface area contributed by atoms with Crippen LogP contribution in [0.25, 0.3) is 0 Å². The van der Waals surface area contributed by atoms with Crippen molar-refractivity contribution in [3.8, 4) is 0 Å². The molecule has 1 heterocycles. The summed E-state index contributed by atoms with van der Waals surface area (Å²) in [6.45, 7) is 0.440. The summed E-state index contributed by atoms with van der Waals surface area (Å²) in [7, 11) is 0. The molecule has 0 unspecified atom stereocenters. The molecule has 3 rings (SSSR count). The number of anilines is 1. The summed E-state index contributed by atoms with van der Waals surface area (Å²) in [5, 5.41) is 7.94. The monoisotopic (exact) mass is 413 g/mol. The molecular weight excluding hydrogens is 393 g/mol. The molecule has 0 saturated heterocycles. The lowest BCUT2D eigenvalue weighted by Crippen LogP contribution is -2.48. The third-order valence-electron chi connectivity index (χ3n) is 4.42. The second kappa shape index (κ2) is 8.86. The Balaban J connectivity index is 0.00000243. The third-order valence-corrected chi connectivity index (χ3v) is 5.63. The minimum Gasteiger partial charge on any atom is -0.347 e. The number of hydrogen-bond donors (Lipinski definition) is 3. The Hall–Kier alpha value is -1.60. The minimum absolute atomic E-state index is 0. The number of benzene rings is 1. The summed E-state index contributed by atoms with van der Waals surface area (Å²) >= 11 is 7.72. The largest absolute Gasteiger partial charge is 0.347 e. The van der Waals surface area contributed by atoms with Crippen LogP contribution in [0.5, 0.6) is 0 Å². The van der Waals surface area contributed by atoms with Crippen molar-refractivity contribution in [3.63, 3.8) is 0 Å². The van der Waals surface area contributed by atoms with E-state index in [1.807, 2.05) is 17.5 Å². The van der Waals surface area contributed by atoms with E-state index < -0.39 is 5.54 Å². The van der Waals surface area contributed by atoms with Gasteiger partial charge in [0.05, 0.1) is 22.7 Å². The van der Waals surface area contributed by atoms with Crippen LogP contribution in [0.2, 0.25) is 5.02 Å². The van der Waals surface area contributed by atoms with E-state index in [4.69, 9.17) is 17.3 Å². The molecule has 8 heteroatoms. The second-order valence-corrected chi connectivity index (χ2v) is 7.71. The van der Waals surface area contributed by atoms with Crippen LogP contribution in [-0.4, -0.2) is 17.4 Å². The highest BCUT2D eigenvalue weighted by Crippen LogP contribution is 2.29. The molecule has 140 valence electrons. The average Bonchev–Trinajstić information content (AvgIpc) is 3.26. The fourth-order valence-corrected chi connectivity index (χ4v) is 3.79. The molecule has 2 amide bonds. The molecule has 1 aromatic heterocycles. The summed E-state index contributed by atoms with van der Waals surface area (Å²) in [6, 6.07) is 8.75. The third kappa shape index (κ3) is 4.76. The number of nitrogens with two attached hydrogens (primary N) is 1. The minimum atomic E-state index is -0.818. The molecule has 1 aliphatic carbocycles. The van der Waals surface area contributed by atoms with Crippen LogP contribution in [0.4, 0.5) is 5.69 Å². The number of carbonyl (C=O) groups excluding carboxylic acids is 2. The van der Waals surface area contributed by atoms with Crippen LogP contribution < -0.4 is 16.4 Å². The van der Waals surface area contributed by atoms with E-state index >= 15 is 0 Å². The Labute approximate surface area is 167 Å². The van der Waals surface area contributed by atoms with Crippen LogP contribution in [0.15, 0.2) is 35.7 Å². The maximum absolute atomic E-state index is 12.4. The van der Waals surface area contributed by atoms with Crippen molar-refractivity contribution in [2.45, 2.75) is 37.8 Å². The number of halogens is 2. The molecule has 5 nitrogen and oxygen atoms in total. The van der Waals surface area contributed by atoms with Crippen molar-refractivity contribution >= 4 is 52.8 Å². The first-order valence-corrected chi connectivity index (χ1v) is 9.44. The zero-order valence-electron chi connectivity index (χ0n) is 14.1. The van der Waals surface area contributed by atoms with Gasteiger partial charge in [-0.25, -0.2) is 0 Å². The van der Waals surface area contributed by atoms with Gasteiger partial charge in [0, 0.05) is 10.6 Å². The van der Waals surface area contributed by atoms with Crippen LogP contribution in [0.3, 0.4) is 0 Å². The molecule has 4 N–H and O–H groups in total. The highest BCUT2D eigenvalue weighted by Gasteiger charge is 2.37. The summed E-state index contributed by atoms with van der Waals surface area (Å²) in [4.78, 5) is 25.9. The predicted molar refractivity (Wildman–Crippen MR) is 108 cm³/mol. The van der Waals surface area contributed by atoms with Gasteiger partial charge in [-0.3, -0.25) is 9.59 Å². The normalized spacial score (nSPS) is 15.2. The molecule has 2 aromatic rings. The SMILES string of the molecule is Cl.NC1(C(=O)Nc2ccc(Cl)c(C(=O)NCc3cccs3)c2)CCCC1. The maximum atomic E-state index is 12.4. The van der Waals surface area contributed by atoms with E-state index in [-0.39, 0.29) is 24.2 Å². The van der Waals surface area contributed by atoms with Crippen molar-refractivity contribution in [1.82, 2.24) is 5.32 Å². The van der Waals surface area contributed by atoms with Gasteiger partial charge in [0.1, 0.15) is 0 Å². The van der Waals surface area contributed by atoms with Gasteiger partial charge in [0.25, 0.3) is 5.91 Å². The Morgan fingerprint density at radius 3 is 2.62 bits per heavy atom. The van der Waals surface area contributed by atoms with Crippen molar-refractivity contribution in [2.75, 3.05) is 5.32 Å². The topological polar surface area (TPSA) is 84.2 Å². The van der Waals surface area contributed by atoms with E-state index in [1.54, 1.807) is 29.5 Å². The highest BCUT2D eigenvalue weighted by molar-refractivity contribution is 7.09. The van der Waals surface area contributed by atoms with Gasteiger partial charge in [0.2, 0.25) is 5.91 Å². The molecule has 0 radical (unpaired) electrons. The lowest BCUT2D eigenvalue weighted by atomic mass is 9.98. The zero-order chi connectivity index (χ0) is 17.9.